The number of aromatic nitrogens is 2. The Morgan fingerprint density at radius 3 is 3.00 bits per heavy atom. The van der Waals surface area contributed by atoms with Crippen molar-refractivity contribution < 1.29 is 4.79 Å². The molecule has 1 aromatic rings. The molecule has 1 aliphatic rings. The summed E-state index contributed by atoms with van der Waals surface area (Å²) in [7, 11) is 1.88. The molecule has 4 nitrogen and oxygen atoms in total. The summed E-state index contributed by atoms with van der Waals surface area (Å²) in [5.74, 6) is 0.324. The van der Waals surface area contributed by atoms with Gasteiger partial charge in [0.15, 0.2) is 5.78 Å². The lowest BCUT2D eigenvalue weighted by atomic mass is 9.85. The van der Waals surface area contributed by atoms with Gasteiger partial charge in [0.25, 0.3) is 0 Å². The summed E-state index contributed by atoms with van der Waals surface area (Å²) in [4.78, 5) is 12.4. The predicted molar refractivity (Wildman–Crippen MR) is 66.8 cm³/mol. The van der Waals surface area contributed by atoms with Crippen molar-refractivity contribution in [3.05, 3.63) is 18.0 Å². The van der Waals surface area contributed by atoms with E-state index in [0.29, 0.717) is 12.2 Å². The molecule has 4 heteroatoms. The van der Waals surface area contributed by atoms with Crippen molar-refractivity contribution in [1.82, 2.24) is 15.1 Å². The zero-order chi connectivity index (χ0) is 12.3. The summed E-state index contributed by atoms with van der Waals surface area (Å²) in [6, 6.07) is 0. The second-order valence-corrected chi connectivity index (χ2v) is 4.98. The Morgan fingerprint density at radius 2 is 2.47 bits per heavy atom. The van der Waals surface area contributed by atoms with Gasteiger partial charge in [-0.05, 0) is 31.4 Å². The van der Waals surface area contributed by atoms with Gasteiger partial charge >= 0.3 is 0 Å². The van der Waals surface area contributed by atoms with Crippen molar-refractivity contribution in [2.24, 2.45) is 7.05 Å². The number of ketones is 1. The van der Waals surface area contributed by atoms with Crippen LogP contribution in [0.2, 0.25) is 0 Å². The average molecular weight is 235 g/mol. The third-order valence-electron chi connectivity index (χ3n) is 3.58. The lowest BCUT2D eigenvalue weighted by molar-refractivity contribution is -0.124. The van der Waals surface area contributed by atoms with E-state index < -0.39 is 0 Å². The van der Waals surface area contributed by atoms with E-state index in [-0.39, 0.29) is 5.54 Å². The van der Waals surface area contributed by atoms with Crippen molar-refractivity contribution in [3.8, 4) is 0 Å². The maximum atomic E-state index is 12.4. The van der Waals surface area contributed by atoms with Crippen molar-refractivity contribution in [1.29, 1.82) is 0 Å². The van der Waals surface area contributed by atoms with Gasteiger partial charge in [0, 0.05) is 19.7 Å². The van der Waals surface area contributed by atoms with Crippen LogP contribution in [0.15, 0.2) is 12.4 Å². The molecule has 1 N–H and O–H groups in total. The van der Waals surface area contributed by atoms with Crippen LogP contribution >= 0.6 is 0 Å². The zero-order valence-corrected chi connectivity index (χ0v) is 10.7. The smallest absolute Gasteiger partial charge is 0.157 e. The highest BCUT2D eigenvalue weighted by Gasteiger charge is 2.39. The van der Waals surface area contributed by atoms with E-state index in [1.54, 1.807) is 10.9 Å². The minimum atomic E-state index is -0.259. The first kappa shape index (κ1) is 12.3. The fourth-order valence-electron chi connectivity index (χ4n) is 2.74. The Labute approximate surface area is 102 Å². The SMILES string of the molecule is CCCC1(C(=O)Cc2cnn(C)c2)CCCN1. The van der Waals surface area contributed by atoms with Crippen LogP contribution in [-0.4, -0.2) is 27.6 Å². The Kier molecular flexibility index (Phi) is 3.62. The highest BCUT2D eigenvalue weighted by molar-refractivity contribution is 5.90. The fourth-order valence-corrected chi connectivity index (χ4v) is 2.74. The lowest BCUT2D eigenvalue weighted by Gasteiger charge is -2.27. The summed E-state index contributed by atoms with van der Waals surface area (Å²) < 4.78 is 1.75. The lowest BCUT2D eigenvalue weighted by Crippen LogP contribution is -2.48. The first-order valence-corrected chi connectivity index (χ1v) is 6.42. The standard InChI is InChI=1S/C13H21N3O/c1-3-5-13(6-4-7-14-13)12(17)8-11-9-15-16(2)10-11/h9-10,14H,3-8H2,1-2H3. The van der Waals surface area contributed by atoms with Crippen LogP contribution in [-0.2, 0) is 18.3 Å². The van der Waals surface area contributed by atoms with Gasteiger partial charge in [-0.3, -0.25) is 9.48 Å². The molecule has 0 saturated carbocycles. The van der Waals surface area contributed by atoms with Gasteiger partial charge < -0.3 is 5.32 Å². The van der Waals surface area contributed by atoms with E-state index in [4.69, 9.17) is 0 Å². The van der Waals surface area contributed by atoms with E-state index >= 15 is 0 Å². The summed E-state index contributed by atoms with van der Waals surface area (Å²) in [6.07, 6.45) is 8.30. The molecule has 1 aliphatic heterocycles. The third-order valence-corrected chi connectivity index (χ3v) is 3.58. The van der Waals surface area contributed by atoms with Gasteiger partial charge in [-0.2, -0.15) is 5.10 Å². The highest BCUT2D eigenvalue weighted by Crippen LogP contribution is 2.27. The molecule has 0 aromatic carbocycles. The molecule has 1 fully saturated rings. The quantitative estimate of drug-likeness (QED) is 0.840. The molecule has 1 saturated heterocycles. The van der Waals surface area contributed by atoms with Crippen LogP contribution in [0, 0.1) is 0 Å². The Bertz CT molecular complexity index is 391. The average Bonchev–Trinajstić information content (AvgIpc) is 2.89. The van der Waals surface area contributed by atoms with Crippen LogP contribution in [0.3, 0.4) is 0 Å². The molecule has 1 atom stereocenters. The maximum Gasteiger partial charge on any atom is 0.157 e. The largest absolute Gasteiger partial charge is 0.305 e. The van der Waals surface area contributed by atoms with Crippen molar-refractivity contribution in [3.63, 3.8) is 0 Å². The minimum Gasteiger partial charge on any atom is -0.305 e. The van der Waals surface area contributed by atoms with Crippen LogP contribution in [0.1, 0.15) is 38.2 Å². The number of nitrogens with zero attached hydrogens (tertiary/aromatic N) is 2. The molecule has 0 radical (unpaired) electrons. The molecule has 94 valence electrons. The van der Waals surface area contributed by atoms with E-state index in [1.807, 2.05) is 13.2 Å². The first-order chi connectivity index (χ1) is 8.16. The number of aryl methyl sites for hydroxylation is 1. The summed E-state index contributed by atoms with van der Waals surface area (Å²) in [5, 5.41) is 7.53. The van der Waals surface area contributed by atoms with E-state index in [9.17, 15) is 4.79 Å². The summed E-state index contributed by atoms with van der Waals surface area (Å²) >= 11 is 0. The van der Waals surface area contributed by atoms with Crippen molar-refractivity contribution >= 4 is 5.78 Å². The van der Waals surface area contributed by atoms with E-state index in [2.05, 4.69) is 17.3 Å². The van der Waals surface area contributed by atoms with Crippen molar-refractivity contribution in [2.75, 3.05) is 6.54 Å². The molecule has 2 rings (SSSR count). The molecule has 0 spiro atoms. The van der Waals surface area contributed by atoms with E-state index in [0.717, 1.165) is 37.8 Å². The molecule has 0 bridgehead atoms. The fraction of sp³-hybridized carbons (Fsp3) is 0.692. The van der Waals surface area contributed by atoms with Gasteiger partial charge in [-0.15, -0.1) is 0 Å². The molecule has 17 heavy (non-hydrogen) atoms. The molecule has 0 amide bonds. The second kappa shape index (κ2) is 5.00. The Hall–Kier alpha value is -1.16. The van der Waals surface area contributed by atoms with Crippen LogP contribution < -0.4 is 5.32 Å². The predicted octanol–water partition coefficient (Wildman–Crippen LogP) is 1.45. The molecule has 1 aromatic heterocycles. The number of Topliss-reactive ketones (excluding diaryl/α,β-unsaturated/α-hetero) is 1. The van der Waals surface area contributed by atoms with Crippen LogP contribution in [0.25, 0.3) is 0 Å². The summed E-state index contributed by atoms with van der Waals surface area (Å²) in [5.41, 5.74) is 0.756. The summed E-state index contributed by atoms with van der Waals surface area (Å²) in [6.45, 7) is 3.11. The minimum absolute atomic E-state index is 0.259. The second-order valence-electron chi connectivity index (χ2n) is 4.98. The maximum absolute atomic E-state index is 12.4. The number of carbonyl (C=O) groups excluding carboxylic acids is 1. The van der Waals surface area contributed by atoms with Gasteiger partial charge in [0.1, 0.15) is 0 Å². The number of nitrogens with one attached hydrogen (secondary N) is 1. The van der Waals surface area contributed by atoms with Gasteiger partial charge in [0.2, 0.25) is 0 Å². The van der Waals surface area contributed by atoms with Gasteiger partial charge in [0.05, 0.1) is 11.7 Å². The topological polar surface area (TPSA) is 46.9 Å². The zero-order valence-electron chi connectivity index (χ0n) is 10.7. The number of hydrogen-bond acceptors (Lipinski definition) is 3. The molecular formula is C13H21N3O. The Morgan fingerprint density at radius 1 is 1.65 bits per heavy atom. The molecule has 1 unspecified atom stereocenters. The molecular weight excluding hydrogens is 214 g/mol. The van der Waals surface area contributed by atoms with Crippen LogP contribution in [0.5, 0.6) is 0 Å². The number of rotatable bonds is 5. The number of hydrogen-bond donors (Lipinski definition) is 1. The van der Waals surface area contributed by atoms with E-state index in [1.165, 1.54) is 0 Å². The van der Waals surface area contributed by atoms with Gasteiger partial charge in [-0.25, -0.2) is 0 Å². The Balaban J connectivity index is 2.06. The van der Waals surface area contributed by atoms with Crippen molar-refractivity contribution in [2.45, 2.75) is 44.6 Å². The first-order valence-electron chi connectivity index (χ1n) is 6.42. The highest BCUT2D eigenvalue weighted by atomic mass is 16.1. The molecule has 2 heterocycles. The number of carbonyl (C=O) groups is 1. The monoisotopic (exact) mass is 235 g/mol. The normalized spacial score (nSPS) is 24.1. The van der Waals surface area contributed by atoms with Gasteiger partial charge in [-0.1, -0.05) is 13.3 Å². The molecule has 0 aliphatic carbocycles. The van der Waals surface area contributed by atoms with Crippen LogP contribution in [0.4, 0.5) is 0 Å². The third kappa shape index (κ3) is 2.57.